The molecule has 0 aromatic rings. The van der Waals surface area contributed by atoms with Crippen molar-refractivity contribution >= 4 is 25.5 Å². The summed E-state index contributed by atoms with van der Waals surface area (Å²) in [7, 11) is -4.82. The number of carbonyl (C=O) groups excluding carboxylic acids is 3. The van der Waals surface area contributed by atoms with Crippen molar-refractivity contribution in [3.63, 3.8) is 0 Å². The van der Waals surface area contributed by atoms with Crippen molar-refractivity contribution in [3.8, 4) is 0 Å². The minimum absolute atomic E-state index is 0.0215. The lowest BCUT2D eigenvalue weighted by Crippen LogP contribution is -2.29. The van der Waals surface area contributed by atoms with E-state index < -0.39 is 50.6 Å². The summed E-state index contributed by atoms with van der Waals surface area (Å²) in [5.74, 6) is -1.14. The van der Waals surface area contributed by atoms with Crippen LogP contribution in [0.5, 0.6) is 0 Å². The van der Waals surface area contributed by atoms with Gasteiger partial charge in [-0.15, -0.1) is 0 Å². The Morgan fingerprint density at radius 2 is 1.57 bits per heavy atom. The molecule has 0 aromatic heterocycles. The minimum Gasteiger partial charge on any atom is -0.462 e. The first-order valence-electron chi connectivity index (χ1n) is 17.6. The highest BCUT2D eigenvalue weighted by atomic mass is 31.2. The number of allylic oxidation sites excluding steroid dienone is 3. The van der Waals surface area contributed by atoms with Gasteiger partial charge in [0.2, 0.25) is 0 Å². The lowest BCUT2D eigenvalue weighted by Gasteiger charge is -2.18. The molecule has 1 fully saturated rings. The largest absolute Gasteiger partial charge is 0.469 e. The Kier molecular flexibility index (Phi) is 23.1. The number of ketones is 1. The first-order valence-corrected chi connectivity index (χ1v) is 19.1. The van der Waals surface area contributed by atoms with Gasteiger partial charge in [-0.1, -0.05) is 103 Å². The minimum atomic E-state index is -4.82. The van der Waals surface area contributed by atoms with Crippen LogP contribution in [0, 0.1) is 17.8 Å². The van der Waals surface area contributed by atoms with Crippen molar-refractivity contribution in [1.82, 2.24) is 0 Å². The fourth-order valence-corrected chi connectivity index (χ4v) is 5.90. The summed E-state index contributed by atoms with van der Waals surface area (Å²) in [5.41, 5.74) is 0. The lowest BCUT2D eigenvalue weighted by atomic mass is 9.90. The van der Waals surface area contributed by atoms with E-state index in [1.54, 1.807) is 12.2 Å². The van der Waals surface area contributed by atoms with E-state index in [-0.39, 0.29) is 37.6 Å². The summed E-state index contributed by atoms with van der Waals surface area (Å²) in [4.78, 5) is 55.1. The van der Waals surface area contributed by atoms with E-state index in [2.05, 4.69) is 25.3 Å². The average molecular weight is 689 g/mol. The number of phosphoric acid groups is 1. The molecule has 0 amide bonds. The van der Waals surface area contributed by atoms with Crippen molar-refractivity contribution in [3.05, 3.63) is 24.3 Å². The summed E-state index contributed by atoms with van der Waals surface area (Å²) < 4.78 is 26.2. The number of Topliss-reactive ketones (excluding diaryl/α,β-unsaturated/α-hetero) is 1. The Morgan fingerprint density at radius 3 is 2.26 bits per heavy atom. The third-order valence-corrected chi connectivity index (χ3v) is 8.76. The maximum Gasteiger partial charge on any atom is 0.469 e. The first kappa shape index (κ1) is 43.1. The Labute approximate surface area is 281 Å². The summed E-state index contributed by atoms with van der Waals surface area (Å²) in [6.45, 7) is 5.53. The molecule has 5 atom stereocenters. The zero-order chi connectivity index (χ0) is 35.1. The number of rotatable bonds is 27. The molecule has 272 valence electrons. The van der Waals surface area contributed by atoms with Crippen molar-refractivity contribution in [2.24, 2.45) is 17.8 Å². The fraction of sp³-hybridized carbons (Fsp3) is 0.800. The third-order valence-electron chi connectivity index (χ3n) is 8.28. The van der Waals surface area contributed by atoms with Gasteiger partial charge in [0.05, 0.1) is 18.8 Å². The second-order valence-electron chi connectivity index (χ2n) is 13.1. The van der Waals surface area contributed by atoms with Gasteiger partial charge in [-0.05, 0) is 38.0 Å². The Balaban J connectivity index is 2.42. The molecule has 0 aliphatic heterocycles. The molecule has 11 nitrogen and oxygen atoms in total. The van der Waals surface area contributed by atoms with Crippen LogP contribution in [0.4, 0.5) is 0 Å². The molecule has 1 rings (SSSR count). The zero-order valence-electron chi connectivity index (χ0n) is 28.8. The molecule has 0 bridgehead atoms. The number of aliphatic hydroxyl groups is 2. The number of carbonyl (C=O) groups is 3. The number of aliphatic hydroxyl groups excluding tert-OH is 2. The highest BCUT2D eigenvalue weighted by molar-refractivity contribution is 7.46. The molecule has 0 saturated heterocycles. The molecule has 1 aliphatic rings. The number of phosphoric ester groups is 1. The van der Waals surface area contributed by atoms with Crippen LogP contribution in [0.25, 0.3) is 0 Å². The lowest BCUT2D eigenvalue weighted by molar-refractivity contribution is -0.161. The summed E-state index contributed by atoms with van der Waals surface area (Å²) in [5, 5.41) is 20.6. The monoisotopic (exact) mass is 688 g/mol. The molecule has 47 heavy (non-hydrogen) atoms. The van der Waals surface area contributed by atoms with Crippen LogP contribution < -0.4 is 0 Å². The predicted molar refractivity (Wildman–Crippen MR) is 180 cm³/mol. The number of ether oxygens (including phenoxy) is 2. The van der Waals surface area contributed by atoms with Crippen LogP contribution in [0.3, 0.4) is 0 Å². The van der Waals surface area contributed by atoms with E-state index in [1.165, 1.54) is 19.3 Å². The molecule has 12 heteroatoms. The van der Waals surface area contributed by atoms with Gasteiger partial charge in [-0.3, -0.25) is 18.9 Å². The molecule has 0 unspecified atom stereocenters. The maximum atomic E-state index is 12.4. The molecule has 0 spiro atoms. The standard InChI is InChI=1S/C35H61O11P/c1-4-5-12-18-28(36)22-23-31-30(32(37)24-33(31)38)19-14-10-11-16-21-35(40)46-29(26-45-47(41,42)43)25-44-34(39)20-15-9-7-6-8-13-17-27(2)3/h10,14,22-23,27-32,36-37H,4-9,11-13,15-21,24-26H2,1-3H3,(H2,41,42,43)/b14-10-,23-22+/t28-,29+,30+,31+,32-/m0/s1. The van der Waals surface area contributed by atoms with E-state index in [4.69, 9.17) is 19.3 Å². The first-order chi connectivity index (χ1) is 22.3. The van der Waals surface area contributed by atoms with Gasteiger partial charge >= 0.3 is 19.8 Å². The molecule has 1 aliphatic carbocycles. The Bertz CT molecular complexity index is 990. The van der Waals surface area contributed by atoms with Crippen LogP contribution in [0.2, 0.25) is 0 Å². The smallest absolute Gasteiger partial charge is 0.462 e. The molecule has 0 aromatic carbocycles. The number of unbranched alkanes of at least 4 members (excludes halogenated alkanes) is 8. The topological polar surface area (TPSA) is 177 Å². The summed E-state index contributed by atoms with van der Waals surface area (Å²) in [6, 6.07) is 0. The highest BCUT2D eigenvalue weighted by Gasteiger charge is 2.39. The van der Waals surface area contributed by atoms with Crippen LogP contribution in [0.15, 0.2) is 24.3 Å². The second-order valence-corrected chi connectivity index (χ2v) is 14.3. The van der Waals surface area contributed by atoms with Crippen molar-refractivity contribution in [1.29, 1.82) is 0 Å². The quantitative estimate of drug-likeness (QED) is 0.0320. The Hall–Kier alpha value is -1.88. The van der Waals surface area contributed by atoms with Crippen molar-refractivity contribution in [2.45, 2.75) is 148 Å². The zero-order valence-corrected chi connectivity index (χ0v) is 29.7. The van der Waals surface area contributed by atoms with E-state index in [0.29, 0.717) is 38.0 Å². The number of hydrogen-bond donors (Lipinski definition) is 4. The maximum absolute atomic E-state index is 12.4. The summed E-state index contributed by atoms with van der Waals surface area (Å²) in [6.07, 6.45) is 17.4. The van der Waals surface area contributed by atoms with Gasteiger partial charge in [0, 0.05) is 31.1 Å². The molecule has 1 saturated carbocycles. The van der Waals surface area contributed by atoms with E-state index in [9.17, 15) is 29.2 Å². The number of esters is 2. The Morgan fingerprint density at radius 1 is 0.915 bits per heavy atom. The molecular weight excluding hydrogens is 627 g/mol. The third kappa shape index (κ3) is 22.4. The predicted octanol–water partition coefficient (Wildman–Crippen LogP) is 6.51. The van der Waals surface area contributed by atoms with Crippen LogP contribution in [-0.2, 0) is 32.9 Å². The summed E-state index contributed by atoms with van der Waals surface area (Å²) >= 11 is 0. The van der Waals surface area contributed by atoms with E-state index >= 15 is 0 Å². The van der Waals surface area contributed by atoms with Gasteiger partial charge < -0.3 is 29.5 Å². The molecule has 0 radical (unpaired) electrons. The second kappa shape index (κ2) is 25.1. The van der Waals surface area contributed by atoms with E-state index in [0.717, 1.165) is 38.5 Å². The van der Waals surface area contributed by atoms with Gasteiger partial charge in [-0.25, -0.2) is 4.57 Å². The van der Waals surface area contributed by atoms with Gasteiger partial charge in [0.15, 0.2) is 6.10 Å². The normalized spacial score (nSPS) is 20.0. The fourth-order valence-electron chi connectivity index (χ4n) is 5.54. The SMILES string of the molecule is CCCCC[C@H](O)/C=C/[C@H]1C(=O)C[C@H](O)[C@@H]1C/C=C\CCCC(=O)O[C@H](COC(=O)CCCCCCCCC(C)C)COP(=O)(O)O. The van der Waals surface area contributed by atoms with Crippen LogP contribution >= 0.6 is 7.82 Å². The van der Waals surface area contributed by atoms with Gasteiger partial charge in [0.25, 0.3) is 0 Å². The van der Waals surface area contributed by atoms with E-state index in [1.807, 2.05) is 12.2 Å². The van der Waals surface area contributed by atoms with Gasteiger partial charge in [-0.2, -0.15) is 0 Å². The molecular formula is C35H61O11P. The highest BCUT2D eigenvalue weighted by Crippen LogP contribution is 2.36. The van der Waals surface area contributed by atoms with Crippen molar-refractivity contribution < 1.29 is 52.9 Å². The van der Waals surface area contributed by atoms with Crippen molar-refractivity contribution in [2.75, 3.05) is 13.2 Å². The molecule has 0 heterocycles. The van der Waals surface area contributed by atoms with Crippen LogP contribution in [-0.4, -0.2) is 69.2 Å². The average Bonchev–Trinajstić information content (AvgIpc) is 3.27. The number of hydrogen-bond acceptors (Lipinski definition) is 9. The van der Waals surface area contributed by atoms with Gasteiger partial charge in [0.1, 0.15) is 12.4 Å². The van der Waals surface area contributed by atoms with Crippen LogP contribution in [0.1, 0.15) is 130 Å². The molecule has 4 N–H and O–H groups in total.